The number of carbonyl (C=O) groups excluding carboxylic acids is 1. The standard InChI is InChI=1S/C19H24N2O5S/c1-19(2,3)26-10-9-14(18(23)24)21-16(22)15-11-20-17(27-15)12-5-7-13(25-4)8-6-12/h5-8,11,14H,9-10H2,1-4H3,(H,21,22)(H,23,24). The number of carbonyl (C=O) groups is 2. The number of rotatable bonds is 8. The van der Waals surface area contributed by atoms with Crippen molar-refractivity contribution in [1.82, 2.24) is 10.3 Å². The van der Waals surface area contributed by atoms with E-state index in [1.54, 1.807) is 7.11 Å². The SMILES string of the molecule is COc1ccc(-c2ncc(C(=O)NC(CCOC(C)(C)C)C(=O)O)s2)cc1. The lowest BCUT2D eigenvalue weighted by atomic mass is 10.1. The van der Waals surface area contributed by atoms with Crippen molar-refractivity contribution in [2.24, 2.45) is 0 Å². The number of thiazole rings is 1. The lowest BCUT2D eigenvalue weighted by molar-refractivity contribution is -0.140. The number of carboxylic acids is 1. The van der Waals surface area contributed by atoms with Crippen molar-refractivity contribution in [1.29, 1.82) is 0 Å². The van der Waals surface area contributed by atoms with Crippen LogP contribution in [0.25, 0.3) is 10.6 Å². The Kier molecular flexibility index (Phi) is 6.92. The molecule has 0 aliphatic carbocycles. The lowest BCUT2D eigenvalue weighted by Gasteiger charge is -2.21. The van der Waals surface area contributed by atoms with E-state index in [1.165, 1.54) is 17.5 Å². The van der Waals surface area contributed by atoms with Crippen LogP contribution in [0.3, 0.4) is 0 Å². The molecule has 0 spiro atoms. The van der Waals surface area contributed by atoms with Gasteiger partial charge in [0, 0.05) is 18.6 Å². The van der Waals surface area contributed by atoms with Crippen molar-refractivity contribution in [2.45, 2.75) is 38.8 Å². The van der Waals surface area contributed by atoms with Crippen LogP contribution >= 0.6 is 11.3 Å². The van der Waals surface area contributed by atoms with Gasteiger partial charge >= 0.3 is 5.97 Å². The molecule has 2 rings (SSSR count). The Morgan fingerprint density at radius 2 is 1.93 bits per heavy atom. The number of hydrogen-bond acceptors (Lipinski definition) is 6. The van der Waals surface area contributed by atoms with E-state index < -0.39 is 17.9 Å². The molecular formula is C19H24N2O5S. The number of benzene rings is 1. The third-order valence-electron chi connectivity index (χ3n) is 3.61. The molecule has 1 unspecified atom stereocenters. The maximum absolute atomic E-state index is 12.4. The Balaban J connectivity index is 2.01. The van der Waals surface area contributed by atoms with Crippen LogP contribution in [0, 0.1) is 0 Å². The normalized spacial score (nSPS) is 12.4. The molecule has 1 aromatic heterocycles. The second kappa shape index (κ2) is 8.96. The van der Waals surface area contributed by atoms with Crippen LogP contribution in [0.15, 0.2) is 30.5 Å². The van der Waals surface area contributed by atoms with Gasteiger partial charge in [-0.1, -0.05) is 0 Å². The Labute approximate surface area is 162 Å². The van der Waals surface area contributed by atoms with Crippen LogP contribution < -0.4 is 10.1 Å². The van der Waals surface area contributed by atoms with Gasteiger partial charge < -0.3 is 19.9 Å². The molecule has 146 valence electrons. The number of aliphatic carboxylic acids is 1. The van der Waals surface area contributed by atoms with E-state index in [0.717, 1.165) is 11.3 Å². The van der Waals surface area contributed by atoms with Crippen molar-refractivity contribution in [2.75, 3.05) is 13.7 Å². The lowest BCUT2D eigenvalue weighted by Crippen LogP contribution is -2.41. The van der Waals surface area contributed by atoms with Gasteiger partial charge in [0.25, 0.3) is 5.91 Å². The van der Waals surface area contributed by atoms with Crippen LogP contribution in [0.2, 0.25) is 0 Å². The summed E-state index contributed by atoms with van der Waals surface area (Å²) in [7, 11) is 1.59. The first-order valence-electron chi connectivity index (χ1n) is 8.47. The Hall–Kier alpha value is -2.45. The minimum Gasteiger partial charge on any atom is -0.497 e. The molecule has 2 aromatic rings. The van der Waals surface area contributed by atoms with E-state index in [4.69, 9.17) is 9.47 Å². The van der Waals surface area contributed by atoms with Gasteiger partial charge in [0.1, 0.15) is 21.7 Å². The fourth-order valence-electron chi connectivity index (χ4n) is 2.22. The molecule has 27 heavy (non-hydrogen) atoms. The number of carboxylic acid groups (broad SMARTS) is 1. The number of ether oxygens (including phenoxy) is 2. The molecule has 0 aliphatic heterocycles. The molecule has 0 radical (unpaired) electrons. The quantitative estimate of drug-likeness (QED) is 0.716. The Bertz CT molecular complexity index is 780. The van der Waals surface area contributed by atoms with Crippen LogP contribution in [0.4, 0.5) is 0 Å². The summed E-state index contributed by atoms with van der Waals surface area (Å²) in [6.07, 6.45) is 1.63. The molecular weight excluding hydrogens is 368 g/mol. The molecule has 1 atom stereocenters. The van der Waals surface area contributed by atoms with Gasteiger partial charge in [-0.3, -0.25) is 4.79 Å². The fraction of sp³-hybridized carbons (Fsp3) is 0.421. The second-order valence-corrected chi connectivity index (χ2v) is 7.90. The highest BCUT2D eigenvalue weighted by Crippen LogP contribution is 2.26. The third-order valence-corrected chi connectivity index (χ3v) is 4.66. The summed E-state index contributed by atoms with van der Waals surface area (Å²) in [5.41, 5.74) is 0.492. The van der Waals surface area contributed by atoms with Gasteiger partial charge in [-0.05, 0) is 45.0 Å². The molecule has 8 heteroatoms. The number of nitrogens with zero attached hydrogens (tertiary/aromatic N) is 1. The highest BCUT2D eigenvalue weighted by Gasteiger charge is 2.23. The van der Waals surface area contributed by atoms with Gasteiger partial charge in [0.05, 0.1) is 18.9 Å². The zero-order chi connectivity index (χ0) is 20.0. The molecule has 2 N–H and O–H groups in total. The van der Waals surface area contributed by atoms with Crippen molar-refractivity contribution in [3.63, 3.8) is 0 Å². The number of amides is 1. The van der Waals surface area contributed by atoms with Crippen LogP contribution in [-0.4, -0.2) is 47.3 Å². The molecule has 0 bridgehead atoms. The maximum atomic E-state index is 12.4. The predicted octanol–water partition coefficient (Wildman–Crippen LogP) is 3.21. The first kappa shape index (κ1) is 20.9. The van der Waals surface area contributed by atoms with E-state index in [9.17, 15) is 14.7 Å². The summed E-state index contributed by atoms with van der Waals surface area (Å²) < 4.78 is 10.7. The average molecular weight is 392 g/mol. The van der Waals surface area contributed by atoms with E-state index in [2.05, 4.69) is 10.3 Å². The van der Waals surface area contributed by atoms with Crippen LogP contribution in [0.1, 0.15) is 36.9 Å². The van der Waals surface area contributed by atoms with E-state index in [1.807, 2.05) is 45.0 Å². The second-order valence-electron chi connectivity index (χ2n) is 6.87. The zero-order valence-corrected chi connectivity index (χ0v) is 16.6. The van der Waals surface area contributed by atoms with E-state index in [-0.39, 0.29) is 18.6 Å². The molecule has 1 heterocycles. The predicted molar refractivity (Wildman–Crippen MR) is 103 cm³/mol. The molecule has 0 saturated carbocycles. The summed E-state index contributed by atoms with van der Waals surface area (Å²) >= 11 is 1.20. The van der Waals surface area contributed by atoms with Crippen molar-refractivity contribution in [3.05, 3.63) is 35.3 Å². The zero-order valence-electron chi connectivity index (χ0n) is 15.8. The van der Waals surface area contributed by atoms with Gasteiger partial charge in [-0.25, -0.2) is 9.78 Å². The summed E-state index contributed by atoms with van der Waals surface area (Å²) in [5, 5.41) is 12.5. The van der Waals surface area contributed by atoms with Crippen molar-refractivity contribution < 1.29 is 24.2 Å². The van der Waals surface area contributed by atoms with Gasteiger partial charge in [-0.2, -0.15) is 0 Å². The van der Waals surface area contributed by atoms with Crippen molar-refractivity contribution >= 4 is 23.2 Å². The highest BCUT2D eigenvalue weighted by atomic mass is 32.1. The highest BCUT2D eigenvalue weighted by molar-refractivity contribution is 7.16. The average Bonchev–Trinajstić information content (AvgIpc) is 3.10. The topological polar surface area (TPSA) is 97.8 Å². The summed E-state index contributed by atoms with van der Waals surface area (Å²) in [6, 6.07) is 6.30. The first-order chi connectivity index (χ1) is 12.7. The fourth-order valence-corrected chi connectivity index (χ4v) is 3.04. The summed E-state index contributed by atoms with van der Waals surface area (Å²) in [4.78, 5) is 28.4. The first-order valence-corrected chi connectivity index (χ1v) is 9.29. The molecule has 0 aliphatic rings. The van der Waals surface area contributed by atoms with Gasteiger partial charge in [-0.15, -0.1) is 11.3 Å². The van der Waals surface area contributed by atoms with Gasteiger partial charge in [0.2, 0.25) is 0 Å². The maximum Gasteiger partial charge on any atom is 0.326 e. The van der Waals surface area contributed by atoms with Crippen LogP contribution in [0.5, 0.6) is 5.75 Å². The number of methoxy groups -OCH3 is 1. The van der Waals surface area contributed by atoms with Crippen LogP contribution in [-0.2, 0) is 9.53 Å². The number of aromatic nitrogens is 1. The Morgan fingerprint density at radius 1 is 1.26 bits per heavy atom. The van der Waals surface area contributed by atoms with E-state index >= 15 is 0 Å². The molecule has 0 fully saturated rings. The number of hydrogen-bond donors (Lipinski definition) is 2. The Morgan fingerprint density at radius 3 is 2.48 bits per heavy atom. The van der Waals surface area contributed by atoms with Gasteiger partial charge in [0.15, 0.2) is 0 Å². The number of nitrogens with one attached hydrogen (secondary N) is 1. The summed E-state index contributed by atoms with van der Waals surface area (Å²) in [5.74, 6) is -0.828. The minimum atomic E-state index is -1.10. The largest absolute Gasteiger partial charge is 0.497 e. The summed E-state index contributed by atoms with van der Waals surface area (Å²) in [6.45, 7) is 5.90. The van der Waals surface area contributed by atoms with E-state index in [0.29, 0.717) is 9.88 Å². The monoisotopic (exact) mass is 392 g/mol. The van der Waals surface area contributed by atoms with Crippen molar-refractivity contribution in [3.8, 4) is 16.3 Å². The molecule has 1 aromatic carbocycles. The minimum absolute atomic E-state index is 0.183. The molecule has 1 amide bonds. The molecule has 7 nitrogen and oxygen atoms in total. The smallest absolute Gasteiger partial charge is 0.326 e. The molecule has 0 saturated heterocycles. The third kappa shape index (κ3) is 6.33.